The molecular formula is C17H30N2O3. The molecule has 0 saturated carbocycles. The third-order valence-corrected chi connectivity index (χ3v) is 3.50. The zero-order valence-corrected chi connectivity index (χ0v) is 13.8. The summed E-state index contributed by atoms with van der Waals surface area (Å²) in [6.07, 6.45) is -0.143. The van der Waals surface area contributed by atoms with Crippen LogP contribution in [-0.4, -0.2) is 40.2 Å². The minimum absolute atomic E-state index is 0.404. The van der Waals surface area contributed by atoms with E-state index in [0.29, 0.717) is 32.5 Å². The maximum atomic E-state index is 9.70. The molecule has 0 amide bonds. The molecule has 6 N–H and O–H groups in total. The molecule has 0 aliphatic rings. The average molecular weight is 310 g/mol. The van der Waals surface area contributed by atoms with E-state index >= 15 is 0 Å². The van der Waals surface area contributed by atoms with Crippen molar-refractivity contribution in [1.82, 2.24) is 5.32 Å². The van der Waals surface area contributed by atoms with Crippen LogP contribution in [0.15, 0.2) is 12.1 Å². The molecule has 0 saturated heterocycles. The topological polar surface area (TPSA) is 98.7 Å². The predicted octanol–water partition coefficient (Wildman–Crippen LogP) is 0.462. The zero-order chi connectivity index (χ0) is 16.7. The highest BCUT2D eigenvalue weighted by atomic mass is 16.3. The van der Waals surface area contributed by atoms with Crippen LogP contribution >= 0.6 is 0 Å². The van der Waals surface area contributed by atoms with E-state index in [1.54, 1.807) is 20.8 Å². The second kappa shape index (κ2) is 9.22. The number of aliphatic hydroxyl groups excluding tert-OH is 3. The van der Waals surface area contributed by atoms with E-state index in [1.807, 2.05) is 6.07 Å². The Hall–Kier alpha value is -0.980. The number of hydrogen-bond acceptors (Lipinski definition) is 5. The van der Waals surface area contributed by atoms with Gasteiger partial charge in [-0.2, -0.15) is 0 Å². The number of rotatable bonds is 9. The summed E-state index contributed by atoms with van der Waals surface area (Å²) in [4.78, 5) is 0. The van der Waals surface area contributed by atoms with Crippen LogP contribution in [0.3, 0.4) is 0 Å². The minimum Gasteiger partial charge on any atom is -0.393 e. The molecule has 0 aromatic heterocycles. The lowest BCUT2D eigenvalue weighted by atomic mass is 9.92. The molecule has 3 unspecified atom stereocenters. The Bertz CT molecular complexity index is 459. The summed E-state index contributed by atoms with van der Waals surface area (Å²) in [7, 11) is 0. The smallest absolute Gasteiger partial charge is 0.0636 e. The lowest BCUT2D eigenvalue weighted by Gasteiger charge is -2.19. The molecule has 0 fully saturated rings. The predicted molar refractivity (Wildman–Crippen MR) is 88.5 cm³/mol. The SMILES string of the molecule is CC(O)CNCc1cc(CC(C)O)cc(CC(C)O)c1CN. The van der Waals surface area contributed by atoms with Crippen LogP contribution < -0.4 is 11.1 Å². The van der Waals surface area contributed by atoms with Gasteiger partial charge < -0.3 is 26.4 Å². The summed E-state index contributed by atoms with van der Waals surface area (Å²) in [5.41, 5.74) is 10.1. The molecule has 0 aliphatic carbocycles. The van der Waals surface area contributed by atoms with Crippen molar-refractivity contribution in [3.8, 4) is 0 Å². The van der Waals surface area contributed by atoms with Crippen molar-refractivity contribution >= 4 is 0 Å². The van der Waals surface area contributed by atoms with Crippen molar-refractivity contribution in [2.75, 3.05) is 6.54 Å². The average Bonchev–Trinajstić information content (AvgIpc) is 2.36. The van der Waals surface area contributed by atoms with Gasteiger partial charge in [0.2, 0.25) is 0 Å². The largest absolute Gasteiger partial charge is 0.393 e. The number of aliphatic hydroxyl groups is 3. The highest BCUT2D eigenvalue weighted by Crippen LogP contribution is 2.21. The Kier molecular flexibility index (Phi) is 8.00. The van der Waals surface area contributed by atoms with E-state index in [-0.39, 0.29) is 0 Å². The van der Waals surface area contributed by atoms with E-state index < -0.39 is 18.3 Å². The monoisotopic (exact) mass is 310 g/mol. The highest BCUT2D eigenvalue weighted by molar-refractivity contribution is 5.40. The van der Waals surface area contributed by atoms with Crippen molar-refractivity contribution in [2.45, 2.75) is 65.0 Å². The van der Waals surface area contributed by atoms with Gasteiger partial charge in [0.05, 0.1) is 18.3 Å². The molecule has 0 radical (unpaired) electrons. The maximum absolute atomic E-state index is 9.70. The molecule has 1 aromatic carbocycles. The summed E-state index contributed by atoms with van der Waals surface area (Å²) >= 11 is 0. The second-order valence-corrected chi connectivity index (χ2v) is 6.18. The van der Waals surface area contributed by atoms with Crippen molar-refractivity contribution in [3.05, 3.63) is 34.4 Å². The fourth-order valence-electron chi connectivity index (χ4n) is 2.66. The molecule has 3 atom stereocenters. The highest BCUT2D eigenvalue weighted by Gasteiger charge is 2.13. The third-order valence-electron chi connectivity index (χ3n) is 3.50. The van der Waals surface area contributed by atoms with Gasteiger partial charge in [-0.1, -0.05) is 12.1 Å². The number of nitrogens with two attached hydrogens (primary N) is 1. The van der Waals surface area contributed by atoms with E-state index in [1.165, 1.54) is 0 Å². The molecule has 0 spiro atoms. The van der Waals surface area contributed by atoms with Gasteiger partial charge in [0, 0.05) is 19.6 Å². The van der Waals surface area contributed by atoms with Gasteiger partial charge in [-0.3, -0.25) is 0 Å². The second-order valence-electron chi connectivity index (χ2n) is 6.18. The fraction of sp³-hybridized carbons (Fsp3) is 0.647. The number of nitrogens with one attached hydrogen (secondary N) is 1. The zero-order valence-electron chi connectivity index (χ0n) is 13.8. The normalized spacial score (nSPS) is 15.6. The molecule has 0 bridgehead atoms. The van der Waals surface area contributed by atoms with Gasteiger partial charge in [0.1, 0.15) is 0 Å². The summed E-state index contributed by atoms with van der Waals surface area (Å²) in [6.45, 7) is 6.78. The molecule has 5 nitrogen and oxygen atoms in total. The summed E-state index contributed by atoms with van der Waals surface area (Å²) in [5.74, 6) is 0. The molecule has 126 valence electrons. The van der Waals surface area contributed by atoms with Crippen molar-refractivity contribution in [2.24, 2.45) is 5.73 Å². The van der Waals surface area contributed by atoms with Gasteiger partial charge in [-0.25, -0.2) is 0 Å². The summed E-state index contributed by atoms with van der Waals surface area (Å²) < 4.78 is 0. The van der Waals surface area contributed by atoms with E-state index in [0.717, 1.165) is 22.3 Å². The van der Waals surface area contributed by atoms with Crippen LogP contribution in [0.2, 0.25) is 0 Å². The first kappa shape index (κ1) is 19.1. The summed E-state index contributed by atoms with van der Waals surface area (Å²) in [6, 6.07) is 4.08. The van der Waals surface area contributed by atoms with Crippen LogP contribution in [0.4, 0.5) is 0 Å². The number of hydrogen-bond donors (Lipinski definition) is 5. The first-order valence-corrected chi connectivity index (χ1v) is 7.92. The van der Waals surface area contributed by atoms with Crippen LogP contribution in [0.25, 0.3) is 0 Å². The van der Waals surface area contributed by atoms with E-state index in [2.05, 4.69) is 11.4 Å². The van der Waals surface area contributed by atoms with Gasteiger partial charge in [-0.15, -0.1) is 0 Å². The minimum atomic E-state index is -0.439. The molecule has 0 heterocycles. The van der Waals surface area contributed by atoms with Crippen LogP contribution in [0, 0.1) is 0 Å². The first-order valence-electron chi connectivity index (χ1n) is 7.92. The van der Waals surface area contributed by atoms with Crippen LogP contribution in [-0.2, 0) is 25.9 Å². The lowest BCUT2D eigenvalue weighted by Crippen LogP contribution is -2.25. The van der Waals surface area contributed by atoms with Gasteiger partial charge in [0.15, 0.2) is 0 Å². The maximum Gasteiger partial charge on any atom is 0.0636 e. The third kappa shape index (κ3) is 6.42. The molecule has 0 aliphatic heterocycles. The molecular weight excluding hydrogens is 280 g/mol. The van der Waals surface area contributed by atoms with E-state index in [4.69, 9.17) is 5.73 Å². The van der Waals surface area contributed by atoms with Crippen molar-refractivity contribution in [1.29, 1.82) is 0 Å². The summed E-state index contributed by atoms with van der Waals surface area (Å²) in [5, 5.41) is 31.9. The Balaban J connectivity index is 3.07. The van der Waals surface area contributed by atoms with Gasteiger partial charge in [0.25, 0.3) is 0 Å². The Labute approximate surface area is 133 Å². The van der Waals surface area contributed by atoms with Crippen LogP contribution in [0.5, 0.6) is 0 Å². The number of benzene rings is 1. The quantitative estimate of drug-likeness (QED) is 0.456. The van der Waals surface area contributed by atoms with Crippen molar-refractivity contribution in [3.63, 3.8) is 0 Å². The van der Waals surface area contributed by atoms with Gasteiger partial charge in [-0.05, 0) is 55.9 Å². The standard InChI is InChI=1S/C17H30N2O3/c1-11(20)4-14-6-15(5-12(2)21)17(8-18)16(7-14)10-19-9-13(3)22/h6-7,11-13,19-22H,4-5,8-10,18H2,1-3H3. The molecule has 5 heteroatoms. The lowest BCUT2D eigenvalue weighted by molar-refractivity contribution is 0.191. The fourth-order valence-corrected chi connectivity index (χ4v) is 2.66. The van der Waals surface area contributed by atoms with E-state index in [9.17, 15) is 15.3 Å². The van der Waals surface area contributed by atoms with Gasteiger partial charge >= 0.3 is 0 Å². The molecule has 22 heavy (non-hydrogen) atoms. The van der Waals surface area contributed by atoms with Crippen LogP contribution in [0.1, 0.15) is 43.0 Å². The molecule has 1 aromatic rings. The first-order chi connectivity index (χ1) is 10.3. The molecule has 1 rings (SSSR count). The Morgan fingerprint density at radius 1 is 0.955 bits per heavy atom. The van der Waals surface area contributed by atoms with Crippen molar-refractivity contribution < 1.29 is 15.3 Å². The Morgan fingerprint density at radius 3 is 2.05 bits per heavy atom. The Morgan fingerprint density at radius 2 is 1.55 bits per heavy atom.